The van der Waals surface area contributed by atoms with E-state index in [-0.39, 0.29) is 28.6 Å². The summed E-state index contributed by atoms with van der Waals surface area (Å²) < 4.78 is 0. The number of fused-ring (bicyclic) bond motifs is 1. The maximum atomic E-state index is 10.6. The summed E-state index contributed by atoms with van der Waals surface area (Å²) in [6.07, 6.45) is 4.00. The van der Waals surface area contributed by atoms with E-state index in [1.807, 2.05) is 0 Å². The van der Waals surface area contributed by atoms with Crippen LogP contribution in [0.1, 0.15) is 58.9 Å². The number of nitrogens with zero attached hydrogens (tertiary/aromatic N) is 1. The van der Waals surface area contributed by atoms with Gasteiger partial charge in [0.05, 0.1) is 0 Å². The van der Waals surface area contributed by atoms with E-state index in [2.05, 4.69) is 56.9 Å². The van der Waals surface area contributed by atoms with Gasteiger partial charge in [-0.15, -0.1) is 17.0 Å². The highest BCUT2D eigenvalue weighted by Crippen LogP contribution is 2.45. The minimum absolute atomic E-state index is 0. The molecule has 1 aliphatic heterocycles. The Hall–Kier alpha value is -0.540. The number of benzene rings is 1. The minimum atomic E-state index is -0.357. The van der Waals surface area contributed by atoms with Crippen LogP contribution in [0.4, 0.5) is 5.69 Å². The summed E-state index contributed by atoms with van der Waals surface area (Å²) in [7, 11) is 0. The SMILES string of the molecule is Br.CCCCCC(O)N1c2ccccc2C(C)(C)C1C. The summed E-state index contributed by atoms with van der Waals surface area (Å²) in [4.78, 5) is 2.21. The Morgan fingerprint density at radius 1 is 1.25 bits per heavy atom. The molecule has 0 radical (unpaired) electrons. The highest BCUT2D eigenvalue weighted by molar-refractivity contribution is 8.93. The normalized spacial score (nSPS) is 21.2. The van der Waals surface area contributed by atoms with Crippen molar-refractivity contribution in [3.8, 4) is 0 Å². The van der Waals surface area contributed by atoms with Crippen LogP contribution in [-0.4, -0.2) is 17.4 Å². The van der Waals surface area contributed by atoms with E-state index >= 15 is 0 Å². The van der Waals surface area contributed by atoms with Crippen molar-refractivity contribution in [2.24, 2.45) is 0 Å². The Bertz CT molecular complexity index is 433. The fourth-order valence-corrected chi connectivity index (χ4v) is 3.16. The average Bonchev–Trinajstić information content (AvgIpc) is 2.59. The number of aliphatic hydroxyl groups excluding tert-OH is 1. The zero-order valence-corrected chi connectivity index (χ0v) is 14.8. The molecule has 0 fully saturated rings. The van der Waals surface area contributed by atoms with Gasteiger partial charge in [0, 0.05) is 17.1 Å². The summed E-state index contributed by atoms with van der Waals surface area (Å²) in [6, 6.07) is 8.84. The van der Waals surface area contributed by atoms with E-state index in [0.717, 1.165) is 12.8 Å². The van der Waals surface area contributed by atoms with Crippen LogP contribution in [0, 0.1) is 0 Å². The standard InChI is InChI=1S/C17H27NO.BrH/c1-5-6-7-12-16(19)18-13(2)17(3,4)14-10-8-9-11-15(14)18;/h8-11,13,16,19H,5-7,12H2,1-4H3;1H. The van der Waals surface area contributed by atoms with Gasteiger partial charge in [-0.3, -0.25) is 0 Å². The van der Waals surface area contributed by atoms with Crippen LogP contribution in [0.5, 0.6) is 0 Å². The molecule has 1 aliphatic rings. The predicted molar refractivity (Wildman–Crippen MR) is 91.9 cm³/mol. The van der Waals surface area contributed by atoms with Crippen LogP contribution in [0.25, 0.3) is 0 Å². The van der Waals surface area contributed by atoms with Gasteiger partial charge in [0.15, 0.2) is 0 Å². The van der Waals surface area contributed by atoms with Crippen molar-refractivity contribution in [3.63, 3.8) is 0 Å². The van der Waals surface area contributed by atoms with Crippen molar-refractivity contribution in [1.82, 2.24) is 0 Å². The summed E-state index contributed by atoms with van der Waals surface area (Å²) >= 11 is 0. The van der Waals surface area contributed by atoms with E-state index in [4.69, 9.17) is 0 Å². The summed E-state index contributed by atoms with van der Waals surface area (Å²) in [6.45, 7) is 8.97. The van der Waals surface area contributed by atoms with Crippen molar-refractivity contribution in [1.29, 1.82) is 0 Å². The van der Waals surface area contributed by atoms with Gasteiger partial charge in [-0.25, -0.2) is 0 Å². The number of aliphatic hydroxyl groups is 1. The highest BCUT2D eigenvalue weighted by atomic mass is 79.9. The lowest BCUT2D eigenvalue weighted by Crippen LogP contribution is -2.45. The molecule has 2 rings (SSSR count). The number of halogens is 1. The second-order valence-corrected chi connectivity index (χ2v) is 6.30. The molecule has 0 spiro atoms. The van der Waals surface area contributed by atoms with Crippen molar-refractivity contribution in [3.05, 3.63) is 29.8 Å². The first kappa shape index (κ1) is 17.5. The van der Waals surface area contributed by atoms with E-state index in [1.165, 1.54) is 24.1 Å². The minimum Gasteiger partial charge on any atom is -0.374 e. The zero-order chi connectivity index (χ0) is 14.0. The summed E-state index contributed by atoms with van der Waals surface area (Å²) in [5, 5.41) is 10.6. The second-order valence-electron chi connectivity index (χ2n) is 6.30. The maximum absolute atomic E-state index is 10.6. The van der Waals surface area contributed by atoms with Gasteiger partial charge < -0.3 is 10.0 Å². The number of hydrogen-bond donors (Lipinski definition) is 1. The predicted octanol–water partition coefficient (Wildman–Crippen LogP) is 4.65. The molecule has 20 heavy (non-hydrogen) atoms. The van der Waals surface area contributed by atoms with Crippen LogP contribution in [0.3, 0.4) is 0 Å². The van der Waals surface area contributed by atoms with Crippen LogP contribution in [-0.2, 0) is 5.41 Å². The number of anilines is 1. The maximum Gasteiger partial charge on any atom is 0.127 e. The fraction of sp³-hybridized carbons (Fsp3) is 0.647. The molecule has 114 valence electrons. The van der Waals surface area contributed by atoms with E-state index in [9.17, 15) is 5.11 Å². The van der Waals surface area contributed by atoms with Gasteiger partial charge in [-0.1, -0.05) is 51.8 Å². The van der Waals surface area contributed by atoms with Gasteiger partial charge in [0.1, 0.15) is 6.23 Å². The number of para-hydroxylation sites is 1. The van der Waals surface area contributed by atoms with E-state index in [1.54, 1.807) is 0 Å². The van der Waals surface area contributed by atoms with Gasteiger partial charge in [-0.2, -0.15) is 0 Å². The van der Waals surface area contributed by atoms with Gasteiger partial charge in [0.25, 0.3) is 0 Å². The molecule has 1 heterocycles. The van der Waals surface area contributed by atoms with Gasteiger partial charge in [0.2, 0.25) is 0 Å². The molecule has 1 N–H and O–H groups in total. The smallest absolute Gasteiger partial charge is 0.127 e. The highest BCUT2D eigenvalue weighted by Gasteiger charge is 2.43. The molecule has 2 unspecified atom stereocenters. The Morgan fingerprint density at radius 2 is 1.90 bits per heavy atom. The molecule has 0 aromatic heterocycles. The Balaban J connectivity index is 0.00000200. The molecule has 3 heteroatoms. The van der Waals surface area contributed by atoms with Crippen LogP contribution >= 0.6 is 17.0 Å². The molecule has 2 nitrogen and oxygen atoms in total. The number of unbranched alkanes of at least 4 members (excludes halogenated alkanes) is 2. The second kappa shape index (κ2) is 6.95. The lowest BCUT2D eigenvalue weighted by molar-refractivity contribution is 0.142. The average molecular weight is 342 g/mol. The summed E-state index contributed by atoms with van der Waals surface area (Å²) in [5.41, 5.74) is 2.67. The molecule has 1 aromatic rings. The third-order valence-corrected chi connectivity index (χ3v) is 4.73. The molecular weight excluding hydrogens is 314 g/mol. The molecule has 0 bridgehead atoms. The largest absolute Gasteiger partial charge is 0.374 e. The zero-order valence-electron chi connectivity index (χ0n) is 13.1. The molecule has 0 saturated carbocycles. The quantitative estimate of drug-likeness (QED) is 0.788. The molecule has 0 amide bonds. The molecule has 2 atom stereocenters. The van der Waals surface area contributed by atoms with Crippen molar-refractivity contribution in [2.45, 2.75) is 71.1 Å². The number of hydrogen-bond acceptors (Lipinski definition) is 2. The van der Waals surface area contributed by atoms with Crippen molar-refractivity contribution in [2.75, 3.05) is 4.90 Å². The van der Waals surface area contributed by atoms with Gasteiger partial charge in [-0.05, 0) is 31.4 Å². The molecule has 0 saturated heterocycles. The molecular formula is C17H28BrNO. The van der Waals surface area contributed by atoms with Gasteiger partial charge >= 0.3 is 0 Å². The first-order chi connectivity index (χ1) is 9.00. The van der Waals surface area contributed by atoms with E-state index in [0.29, 0.717) is 6.04 Å². The van der Waals surface area contributed by atoms with E-state index < -0.39 is 0 Å². The van der Waals surface area contributed by atoms with Crippen molar-refractivity contribution < 1.29 is 5.11 Å². The first-order valence-electron chi connectivity index (χ1n) is 7.56. The third kappa shape index (κ3) is 3.04. The Morgan fingerprint density at radius 3 is 2.55 bits per heavy atom. The van der Waals surface area contributed by atoms with Crippen LogP contribution in [0.15, 0.2) is 24.3 Å². The third-order valence-electron chi connectivity index (χ3n) is 4.73. The van der Waals surface area contributed by atoms with Crippen LogP contribution < -0.4 is 4.90 Å². The topological polar surface area (TPSA) is 23.5 Å². The van der Waals surface area contributed by atoms with Crippen LogP contribution in [0.2, 0.25) is 0 Å². The lowest BCUT2D eigenvalue weighted by atomic mass is 9.81. The number of rotatable bonds is 5. The fourth-order valence-electron chi connectivity index (χ4n) is 3.16. The monoisotopic (exact) mass is 341 g/mol. The first-order valence-corrected chi connectivity index (χ1v) is 7.56. The Kier molecular flexibility index (Phi) is 6.08. The van der Waals surface area contributed by atoms with Crippen molar-refractivity contribution >= 4 is 22.7 Å². The molecule has 1 aromatic carbocycles. The Labute approximate surface area is 134 Å². The lowest BCUT2D eigenvalue weighted by Gasteiger charge is -2.35. The molecule has 0 aliphatic carbocycles. The summed E-state index contributed by atoms with van der Waals surface area (Å²) in [5.74, 6) is 0.